The molecule has 1 unspecified atom stereocenters. The van der Waals surface area contributed by atoms with E-state index in [-0.39, 0.29) is 0 Å². The molecule has 0 heterocycles. The van der Waals surface area contributed by atoms with Crippen LogP contribution in [0.15, 0.2) is 24.3 Å². The SMILES string of the molecule is Cc1ccccc1C(C)(O)C1(C#N)CCC(C(C)C)CC1. The molecule has 1 aromatic rings. The fourth-order valence-electron chi connectivity index (χ4n) is 3.88. The van der Waals surface area contributed by atoms with Crippen LogP contribution in [0.1, 0.15) is 57.6 Å². The van der Waals surface area contributed by atoms with Gasteiger partial charge in [-0.2, -0.15) is 5.26 Å². The van der Waals surface area contributed by atoms with Crippen molar-refractivity contribution in [1.29, 1.82) is 5.26 Å². The standard InChI is InChI=1S/C19H27NO/c1-14(2)16-9-11-19(13-20,12-10-16)18(4,21)17-8-6-5-7-15(17)3/h5-8,14,16,21H,9-12H2,1-4H3. The molecule has 0 bridgehead atoms. The van der Waals surface area contributed by atoms with Crippen molar-refractivity contribution in [3.05, 3.63) is 35.4 Å². The number of rotatable bonds is 3. The lowest BCUT2D eigenvalue weighted by atomic mass is 9.59. The van der Waals surface area contributed by atoms with E-state index in [0.29, 0.717) is 11.8 Å². The van der Waals surface area contributed by atoms with Crippen LogP contribution in [0, 0.1) is 35.5 Å². The average molecular weight is 285 g/mol. The van der Waals surface area contributed by atoms with E-state index in [1.807, 2.05) is 38.1 Å². The van der Waals surface area contributed by atoms with Crippen molar-refractivity contribution in [2.75, 3.05) is 0 Å². The van der Waals surface area contributed by atoms with Gasteiger partial charge in [-0.25, -0.2) is 0 Å². The third-order valence-corrected chi connectivity index (χ3v) is 5.64. The van der Waals surface area contributed by atoms with Crippen molar-refractivity contribution >= 4 is 0 Å². The topological polar surface area (TPSA) is 44.0 Å². The number of nitrogens with zero attached hydrogens (tertiary/aromatic N) is 1. The van der Waals surface area contributed by atoms with Crippen molar-refractivity contribution in [3.63, 3.8) is 0 Å². The molecule has 1 atom stereocenters. The smallest absolute Gasteiger partial charge is 0.106 e. The van der Waals surface area contributed by atoms with Crippen molar-refractivity contribution in [1.82, 2.24) is 0 Å². The van der Waals surface area contributed by atoms with E-state index in [1.54, 1.807) is 0 Å². The molecular weight excluding hydrogens is 258 g/mol. The highest BCUT2D eigenvalue weighted by Crippen LogP contribution is 2.52. The zero-order valence-corrected chi connectivity index (χ0v) is 13.7. The van der Waals surface area contributed by atoms with E-state index >= 15 is 0 Å². The first-order valence-electron chi connectivity index (χ1n) is 8.04. The van der Waals surface area contributed by atoms with E-state index in [1.165, 1.54) is 0 Å². The molecule has 0 saturated heterocycles. The zero-order chi connectivity index (χ0) is 15.7. The summed E-state index contributed by atoms with van der Waals surface area (Å²) in [4.78, 5) is 0. The second-order valence-corrected chi connectivity index (χ2v) is 7.16. The molecule has 0 spiro atoms. The van der Waals surface area contributed by atoms with Crippen LogP contribution in [-0.2, 0) is 5.60 Å². The predicted molar refractivity (Wildman–Crippen MR) is 85.6 cm³/mol. The fraction of sp³-hybridized carbons (Fsp3) is 0.632. The number of hydrogen-bond donors (Lipinski definition) is 1. The zero-order valence-electron chi connectivity index (χ0n) is 13.7. The molecule has 1 N–H and O–H groups in total. The van der Waals surface area contributed by atoms with Gasteiger partial charge in [0.2, 0.25) is 0 Å². The lowest BCUT2D eigenvalue weighted by Gasteiger charge is -2.46. The van der Waals surface area contributed by atoms with Crippen molar-refractivity contribution in [2.45, 2.75) is 59.0 Å². The molecule has 1 fully saturated rings. The number of nitriles is 1. The van der Waals surface area contributed by atoms with Gasteiger partial charge in [-0.15, -0.1) is 0 Å². The van der Waals surface area contributed by atoms with Gasteiger partial charge >= 0.3 is 0 Å². The second-order valence-electron chi connectivity index (χ2n) is 7.16. The Morgan fingerprint density at radius 1 is 1.29 bits per heavy atom. The Bertz CT molecular complexity index is 531. The summed E-state index contributed by atoms with van der Waals surface area (Å²) in [5.41, 5.74) is 0.206. The van der Waals surface area contributed by atoms with Gasteiger partial charge < -0.3 is 5.11 Å². The number of benzene rings is 1. The van der Waals surface area contributed by atoms with E-state index in [2.05, 4.69) is 19.9 Å². The molecule has 2 nitrogen and oxygen atoms in total. The van der Waals surface area contributed by atoms with Crippen molar-refractivity contribution in [3.8, 4) is 6.07 Å². The summed E-state index contributed by atoms with van der Waals surface area (Å²) in [6.07, 6.45) is 3.64. The molecule has 1 saturated carbocycles. The Hall–Kier alpha value is -1.33. The number of aryl methyl sites for hydroxylation is 1. The Balaban J connectivity index is 2.34. The molecule has 0 amide bonds. The molecule has 0 aliphatic heterocycles. The van der Waals surface area contributed by atoms with Gasteiger partial charge in [0.05, 0.1) is 11.5 Å². The van der Waals surface area contributed by atoms with Gasteiger partial charge in [0.25, 0.3) is 0 Å². The van der Waals surface area contributed by atoms with Gasteiger partial charge in [-0.05, 0) is 62.5 Å². The fourth-order valence-corrected chi connectivity index (χ4v) is 3.88. The van der Waals surface area contributed by atoms with Crippen LogP contribution in [0.2, 0.25) is 0 Å². The van der Waals surface area contributed by atoms with Crippen LogP contribution in [0.4, 0.5) is 0 Å². The maximum absolute atomic E-state index is 11.2. The lowest BCUT2D eigenvalue weighted by molar-refractivity contribution is -0.0725. The van der Waals surface area contributed by atoms with Crippen LogP contribution < -0.4 is 0 Å². The first kappa shape index (κ1) is 16.0. The Morgan fingerprint density at radius 3 is 2.33 bits per heavy atom. The highest BCUT2D eigenvalue weighted by Gasteiger charge is 2.51. The summed E-state index contributed by atoms with van der Waals surface area (Å²) >= 11 is 0. The molecule has 1 aromatic carbocycles. The summed E-state index contributed by atoms with van der Waals surface area (Å²) in [7, 11) is 0. The molecule has 1 aliphatic rings. The molecule has 0 radical (unpaired) electrons. The van der Waals surface area contributed by atoms with E-state index in [4.69, 9.17) is 0 Å². The molecule has 2 heteroatoms. The largest absolute Gasteiger partial charge is 0.384 e. The number of hydrogen-bond acceptors (Lipinski definition) is 2. The van der Waals surface area contributed by atoms with Crippen LogP contribution in [0.25, 0.3) is 0 Å². The highest BCUT2D eigenvalue weighted by atomic mass is 16.3. The van der Waals surface area contributed by atoms with Crippen molar-refractivity contribution < 1.29 is 5.11 Å². The van der Waals surface area contributed by atoms with Crippen LogP contribution in [-0.4, -0.2) is 5.11 Å². The molecule has 2 rings (SSSR count). The normalized spacial score (nSPS) is 28.9. The number of aliphatic hydroxyl groups is 1. The monoisotopic (exact) mass is 285 g/mol. The summed E-state index contributed by atoms with van der Waals surface area (Å²) < 4.78 is 0. The minimum absolute atomic E-state index is 0.658. The second kappa shape index (κ2) is 5.81. The maximum Gasteiger partial charge on any atom is 0.106 e. The predicted octanol–water partition coefficient (Wildman–Crippen LogP) is 4.56. The average Bonchev–Trinajstić information content (AvgIpc) is 2.47. The molecular formula is C19H27NO. The van der Waals surface area contributed by atoms with Gasteiger partial charge in [0, 0.05) is 0 Å². The van der Waals surface area contributed by atoms with Crippen molar-refractivity contribution in [2.24, 2.45) is 17.3 Å². The Kier molecular flexibility index (Phi) is 4.44. The maximum atomic E-state index is 11.2. The van der Waals surface area contributed by atoms with Crippen LogP contribution in [0.5, 0.6) is 0 Å². The lowest BCUT2D eigenvalue weighted by Crippen LogP contribution is -2.46. The van der Waals surface area contributed by atoms with E-state index in [0.717, 1.165) is 36.8 Å². The molecule has 114 valence electrons. The Morgan fingerprint density at radius 2 is 1.86 bits per heavy atom. The summed E-state index contributed by atoms with van der Waals surface area (Å²) in [6.45, 7) is 8.34. The minimum Gasteiger partial charge on any atom is -0.384 e. The first-order chi connectivity index (χ1) is 9.84. The molecule has 21 heavy (non-hydrogen) atoms. The third kappa shape index (κ3) is 2.72. The van der Waals surface area contributed by atoms with Gasteiger partial charge in [-0.1, -0.05) is 38.1 Å². The summed E-state index contributed by atoms with van der Waals surface area (Å²) in [6, 6.07) is 10.4. The van der Waals surface area contributed by atoms with Crippen LogP contribution in [0.3, 0.4) is 0 Å². The highest BCUT2D eigenvalue weighted by molar-refractivity contribution is 5.35. The van der Waals surface area contributed by atoms with Gasteiger partial charge in [-0.3, -0.25) is 0 Å². The van der Waals surface area contributed by atoms with Gasteiger partial charge in [0.15, 0.2) is 0 Å². The van der Waals surface area contributed by atoms with Gasteiger partial charge in [0.1, 0.15) is 5.60 Å². The summed E-state index contributed by atoms with van der Waals surface area (Å²) in [5.74, 6) is 1.34. The van der Waals surface area contributed by atoms with E-state index in [9.17, 15) is 10.4 Å². The third-order valence-electron chi connectivity index (χ3n) is 5.64. The van der Waals surface area contributed by atoms with Crippen LogP contribution >= 0.6 is 0 Å². The molecule has 0 aromatic heterocycles. The van der Waals surface area contributed by atoms with E-state index < -0.39 is 11.0 Å². The summed E-state index contributed by atoms with van der Waals surface area (Å²) in [5, 5.41) is 21.1. The quantitative estimate of drug-likeness (QED) is 0.884. The first-order valence-corrected chi connectivity index (χ1v) is 8.04. The Labute approximate surface area is 128 Å². The molecule has 1 aliphatic carbocycles. The minimum atomic E-state index is -1.09.